The van der Waals surface area contributed by atoms with E-state index in [1.54, 1.807) is 19.0 Å². The number of likely N-dealkylation sites (N-methyl/N-ethyl adjacent to an activating group) is 1. The highest BCUT2D eigenvalue weighted by Crippen LogP contribution is 2.20. The smallest absolute Gasteiger partial charge is 0.226 e. The van der Waals surface area contributed by atoms with Crippen molar-refractivity contribution < 1.29 is 4.79 Å². The largest absolute Gasteiger partial charge is 0.373 e. The first-order valence-corrected chi connectivity index (χ1v) is 5.88. The van der Waals surface area contributed by atoms with Crippen LogP contribution in [0.25, 0.3) is 10.9 Å². The number of amides is 1. The summed E-state index contributed by atoms with van der Waals surface area (Å²) < 4.78 is 0. The van der Waals surface area contributed by atoms with Gasteiger partial charge in [0.15, 0.2) is 0 Å². The van der Waals surface area contributed by atoms with Crippen molar-refractivity contribution in [2.45, 2.75) is 6.42 Å². The van der Waals surface area contributed by atoms with Gasteiger partial charge < -0.3 is 10.2 Å². The number of carbonyl (C=O) groups excluding carboxylic acids is 1. The molecule has 0 radical (unpaired) electrons. The molecule has 0 saturated heterocycles. The highest BCUT2D eigenvalue weighted by Gasteiger charge is 2.11. The van der Waals surface area contributed by atoms with Gasteiger partial charge in [-0.05, 0) is 12.1 Å². The van der Waals surface area contributed by atoms with Crippen molar-refractivity contribution in [3.05, 3.63) is 35.9 Å². The number of para-hydroxylation sites is 1. The lowest BCUT2D eigenvalue weighted by molar-refractivity contribution is -0.127. The summed E-state index contributed by atoms with van der Waals surface area (Å²) in [6.07, 6.45) is 0.362. The fourth-order valence-corrected chi connectivity index (χ4v) is 1.83. The summed E-state index contributed by atoms with van der Waals surface area (Å²) in [4.78, 5) is 17.9. The van der Waals surface area contributed by atoms with Gasteiger partial charge >= 0.3 is 0 Å². The minimum atomic E-state index is 0.0728. The molecule has 0 saturated carbocycles. The summed E-state index contributed by atoms with van der Waals surface area (Å²) in [5.41, 5.74) is 1.86. The van der Waals surface area contributed by atoms with E-state index in [0.717, 1.165) is 22.3 Å². The van der Waals surface area contributed by atoms with Gasteiger partial charge in [-0.25, -0.2) is 4.98 Å². The zero-order valence-corrected chi connectivity index (χ0v) is 10.9. The molecule has 0 aliphatic carbocycles. The summed E-state index contributed by atoms with van der Waals surface area (Å²) in [7, 11) is 5.34. The van der Waals surface area contributed by atoms with Crippen LogP contribution in [0.1, 0.15) is 5.56 Å². The van der Waals surface area contributed by atoms with E-state index < -0.39 is 0 Å². The lowest BCUT2D eigenvalue weighted by Gasteiger charge is -2.13. The number of fused-ring (bicyclic) bond motifs is 1. The molecule has 0 unspecified atom stereocenters. The van der Waals surface area contributed by atoms with Gasteiger partial charge in [0.2, 0.25) is 5.91 Å². The number of anilines is 1. The van der Waals surface area contributed by atoms with Crippen molar-refractivity contribution >= 4 is 22.6 Å². The Balaban J connectivity index is 2.45. The fraction of sp³-hybridized carbons (Fsp3) is 0.286. The van der Waals surface area contributed by atoms with E-state index in [4.69, 9.17) is 0 Å². The molecular formula is C14H17N3O. The Morgan fingerprint density at radius 1 is 1.33 bits per heavy atom. The van der Waals surface area contributed by atoms with Crippen LogP contribution in [0, 0.1) is 0 Å². The van der Waals surface area contributed by atoms with E-state index in [-0.39, 0.29) is 5.91 Å². The van der Waals surface area contributed by atoms with E-state index in [1.165, 1.54) is 0 Å². The molecule has 0 fully saturated rings. The number of nitrogens with one attached hydrogen (secondary N) is 1. The molecule has 18 heavy (non-hydrogen) atoms. The van der Waals surface area contributed by atoms with Gasteiger partial charge in [0.1, 0.15) is 5.82 Å². The van der Waals surface area contributed by atoms with E-state index in [9.17, 15) is 4.79 Å². The minimum Gasteiger partial charge on any atom is -0.373 e. The third kappa shape index (κ3) is 2.42. The Labute approximate surface area is 107 Å². The maximum absolute atomic E-state index is 11.8. The number of aromatic nitrogens is 1. The van der Waals surface area contributed by atoms with Gasteiger partial charge in [0.25, 0.3) is 0 Å². The molecule has 2 rings (SSSR count). The van der Waals surface area contributed by atoms with Crippen LogP contribution in [0.2, 0.25) is 0 Å². The number of rotatable bonds is 3. The van der Waals surface area contributed by atoms with Crippen LogP contribution >= 0.6 is 0 Å². The van der Waals surface area contributed by atoms with Crippen LogP contribution in [0.3, 0.4) is 0 Å². The second-order valence-corrected chi connectivity index (χ2v) is 4.40. The number of hydrogen-bond donors (Lipinski definition) is 1. The lowest BCUT2D eigenvalue weighted by Crippen LogP contribution is -2.24. The minimum absolute atomic E-state index is 0.0728. The van der Waals surface area contributed by atoms with Gasteiger partial charge in [-0.3, -0.25) is 4.79 Å². The van der Waals surface area contributed by atoms with E-state index in [0.29, 0.717) is 6.42 Å². The average Bonchev–Trinajstić information content (AvgIpc) is 2.37. The summed E-state index contributed by atoms with van der Waals surface area (Å²) >= 11 is 0. The second-order valence-electron chi connectivity index (χ2n) is 4.40. The lowest BCUT2D eigenvalue weighted by atomic mass is 10.1. The molecule has 1 aromatic carbocycles. The Bertz CT molecular complexity index is 578. The highest BCUT2D eigenvalue weighted by atomic mass is 16.2. The normalized spacial score (nSPS) is 10.4. The van der Waals surface area contributed by atoms with Crippen LogP contribution in [0.15, 0.2) is 30.3 Å². The van der Waals surface area contributed by atoms with Gasteiger partial charge in [-0.1, -0.05) is 18.2 Å². The average molecular weight is 243 g/mol. The van der Waals surface area contributed by atoms with Crippen LogP contribution in [0.4, 0.5) is 5.82 Å². The molecule has 0 atom stereocenters. The molecule has 4 nitrogen and oxygen atoms in total. The molecule has 1 aromatic heterocycles. The maximum Gasteiger partial charge on any atom is 0.226 e. The van der Waals surface area contributed by atoms with Crippen molar-refractivity contribution in [1.29, 1.82) is 0 Å². The summed E-state index contributed by atoms with van der Waals surface area (Å²) in [6.45, 7) is 0. The number of carbonyl (C=O) groups is 1. The van der Waals surface area contributed by atoms with Crippen molar-refractivity contribution in [1.82, 2.24) is 9.88 Å². The number of nitrogens with zero attached hydrogens (tertiary/aromatic N) is 2. The van der Waals surface area contributed by atoms with Crippen molar-refractivity contribution in [3.63, 3.8) is 0 Å². The standard InChI is InChI=1S/C14H17N3O/c1-15-14-11(9-13(18)17(2)3)8-10-6-4-5-7-12(10)16-14/h4-8H,9H2,1-3H3,(H,15,16). The summed E-state index contributed by atoms with van der Waals surface area (Å²) in [6, 6.07) is 9.93. The van der Waals surface area contributed by atoms with E-state index in [2.05, 4.69) is 10.3 Å². The Morgan fingerprint density at radius 2 is 2.06 bits per heavy atom. The third-order valence-electron chi connectivity index (χ3n) is 2.88. The molecule has 1 heterocycles. The topological polar surface area (TPSA) is 45.2 Å². The molecule has 1 N–H and O–H groups in total. The molecule has 0 spiro atoms. The van der Waals surface area contributed by atoms with Crippen LogP contribution in [-0.4, -0.2) is 36.9 Å². The molecule has 2 aromatic rings. The molecule has 4 heteroatoms. The fourth-order valence-electron chi connectivity index (χ4n) is 1.83. The first-order chi connectivity index (χ1) is 8.61. The zero-order chi connectivity index (χ0) is 13.1. The molecule has 0 aliphatic rings. The molecule has 1 amide bonds. The van der Waals surface area contributed by atoms with Crippen LogP contribution < -0.4 is 5.32 Å². The van der Waals surface area contributed by atoms with Crippen molar-refractivity contribution in [2.75, 3.05) is 26.5 Å². The van der Waals surface area contributed by atoms with E-state index in [1.807, 2.05) is 37.4 Å². The maximum atomic E-state index is 11.8. The van der Waals surface area contributed by atoms with Crippen molar-refractivity contribution in [3.8, 4) is 0 Å². The van der Waals surface area contributed by atoms with Gasteiger partial charge in [0, 0.05) is 32.1 Å². The monoisotopic (exact) mass is 243 g/mol. The van der Waals surface area contributed by atoms with Crippen LogP contribution in [0.5, 0.6) is 0 Å². The predicted molar refractivity (Wildman–Crippen MR) is 73.7 cm³/mol. The predicted octanol–water partition coefficient (Wildman–Crippen LogP) is 1.91. The second kappa shape index (κ2) is 5.04. The zero-order valence-electron chi connectivity index (χ0n) is 10.9. The van der Waals surface area contributed by atoms with Gasteiger partial charge in [-0.2, -0.15) is 0 Å². The Kier molecular flexibility index (Phi) is 3.46. The first kappa shape index (κ1) is 12.4. The molecular weight excluding hydrogens is 226 g/mol. The van der Waals surface area contributed by atoms with Crippen LogP contribution in [-0.2, 0) is 11.2 Å². The number of pyridine rings is 1. The molecule has 0 aliphatic heterocycles. The Hall–Kier alpha value is -2.10. The summed E-state index contributed by atoms with van der Waals surface area (Å²) in [5.74, 6) is 0.840. The quantitative estimate of drug-likeness (QED) is 0.895. The molecule has 0 bridgehead atoms. The van der Waals surface area contributed by atoms with Crippen molar-refractivity contribution in [2.24, 2.45) is 0 Å². The number of hydrogen-bond acceptors (Lipinski definition) is 3. The van der Waals surface area contributed by atoms with E-state index >= 15 is 0 Å². The Morgan fingerprint density at radius 3 is 2.72 bits per heavy atom. The number of benzene rings is 1. The highest BCUT2D eigenvalue weighted by molar-refractivity contribution is 5.85. The SMILES string of the molecule is CNc1nc2ccccc2cc1CC(=O)N(C)C. The molecule has 94 valence electrons. The van der Waals surface area contributed by atoms with Gasteiger partial charge in [0.05, 0.1) is 11.9 Å². The first-order valence-electron chi connectivity index (χ1n) is 5.88. The van der Waals surface area contributed by atoms with Gasteiger partial charge in [-0.15, -0.1) is 0 Å². The third-order valence-corrected chi connectivity index (χ3v) is 2.88. The summed E-state index contributed by atoms with van der Waals surface area (Å²) in [5, 5.41) is 4.10.